The molecule has 0 radical (unpaired) electrons. The fraction of sp³-hybridized carbons (Fsp3) is 0.185. The van der Waals surface area contributed by atoms with Gasteiger partial charge < -0.3 is 10.1 Å². The van der Waals surface area contributed by atoms with Gasteiger partial charge in [0.05, 0.1) is 27.9 Å². The molecule has 0 aliphatic heterocycles. The fourth-order valence-electron chi connectivity index (χ4n) is 3.26. The van der Waals surface area contributed by atoms with Crippen LogP contribution in [0.25, 0.3) is 0 Å². The van der Waals surface area contributed by atoms with Crippen LogP contribution in [0.5, 0.6) is 5.75 Å². The second-order valence-electron chi connectivity index (χ2n) is 8.15. The van der Waals surface area contributed by atoms with Crippen molar-refractivity contribution in [1.29, 1.82) is 5.26 Å². The Bertz CT molecular complexity index is 1320. The summed E-state index contributed by atoms with van der Waals surface area (Å²) in [5, 5.41) is 16.6. The molecule has 0 aliphatic carbocycles. The number of hydrogen-bond acceptors (Lipinski definition) is 5. The number of para-hydroxylation sites is 1. The van der Waals surface area contributed by atoms with Gasteiger partial charge in [-0.2, -0.15) is 10.4 Å². The second kappa shape index (κ2) is 12.7. The SMILES string of the molecule is CC(C)C(NC(=O)c1ccc(Cl)c(Cl)c1)C(=O)N/N=C/c1ccccc1OCc1ccccc1C#N. The van der Waals surface area contributed by atoms with Crippen molar-refractivity contribution in [2.45, 2.75) is 26.5 Å². The molecule has 0 aliphatic rings. The summed E-state index contributed by atoms with van der Waals surface area (Å²) in [7, 11) is 0. The van der Waals surface area contributed by atoms with Gasteiger partial charge in [-0.15, -0.1) is 0 Å². The van der Waals surface area contributed by atoms with E-state index >= 15 is 0 Å². The number of rotatable bonds is 9. The van der Waals surface area contributed by atoms with Crippen LogP contribution in [0, 0.1) is 17.2 Å². The number of nitrogens with one attached hydrogen (secondary N) is 2. The third kappa shape index (κ3) is 7.08. The first-order valence-electron chi connectivity index (χ1n) is 11.1. The lowest BCUT2D eigenvalue weighted by atomic mass is 10.0. The lowest BCUT2D eigenvalue weighted by Crippen LogP contribution is -2.48. The first-order chi connectivity index (χ1) is 17.3. The first kappa shape index (κ1) is 26.7. The summed E-state index contributed by atoms with van der Waals surface area (Å²) in [6, 6.07) is 20.2. The topological polar surface area (TPSA) is 104 Å². The Labute approximate surface area is 219 Å². The molecule has 2 N–H and O–H groups in total. The maximum atomic E-state index is 12.8. The molecule has 0 heterocycles. The van der Waals surface area contributed by atoms with E-state index in [0.717, 1.165) is 5.56 Å². The molecule has 1 unspecified atom stereocenters. The Morgan fingerprint density at radius 2 is 1.78 bits per heavy atom. The third-order valence-corrected chi connectivity index (χ3v) is 5.97. The van der Waals surface area contributed by atoms with Gasteiger partial charge in [-0.3, -0.25) is 9.59 Å². The largest absolute Gasteiger partial charge is 0.488 e. The van der Waals surface area contributed by atoms with Crippen LogP contribution in [-0.4, -0.2) is 24.1 Å². The van der Waals surface area contributed by atoms with Crippen LogP contribution in [0.1, 0.15) is 40.9 Å². The zero-order valence-corrected chi connectivity index (χ0v) is 21.2. The van der Waals surface area contributed by atoms with Crippen LogP contribution < -0.4 is 15.5 Å². The van der Waals surface area contributed by atoms with Crippen LogP contribution in [0.15, 0.2) is 71.8 Å². The molecular weight excluding hydrogens is 499 g/mol. The van der Waals surface area contributed by atoms with Crippen molar-refractivity contribution in [3.63, 3.8) is 0 Å². The Morgan fingerprint density at radius 1 is 1.06 bits per heavy atom. The highest BCUT2D eigenvalue weighted by Crippen LogP contribution is 2.23. The highest BCUT2D eigenvalue weighted by molar-refractivity contribution is 6.42. The summed E-state index contributed by atoms with van der Waals surface area (Å²) in [5.74, 6) is -0.599. The van der Waals surface area contributed by atoms with Gasteiger partial charge in [0.1, 0.15) is 18.4 Å². The number of amides is 2. The zero-order chi connectivity index (χ0) is 26.1. The first-order valence-corrected chi connectivity index (χ1v) is 11.8. The molecule has 1 atom stereocenters. The van der Waals surface area contributed by atoms with E-state index in [-0.39, 0.29) is 23.1 Å². The average Bonchev–Trinajstić information content (AvgIpc) is 2.88. The Balaban J connectivity index is 1.65. The van der Waals surface area contributed by atoms with Crippen molar-refractivity contribution in [2.75, 3.05) is 0 Å². The van der Waals surface area contributed by atoms with Gasteiger partial charge in [-0.25, -0.2) is 5.43 Å². The number of nitriles is 1. The van der Waals surface area contributed by atoms with E-state index in [4.69, 9.17) is 27.9 Å². The van der Waals surface area contributed by atoms with Crippen LogP contribution in [0.3, 0.4) is 0 Å². The third-order valence-electron chi connectivity index (χ3n) is 5.24. The number of halogens is 2. The summed E-state index contributed by atoms with van der Waals surface area (Å²) >= 11 is 11.9. The van der Waals surface area contributed by atoms with Crippen molar-refractivity contribution >= 4 is 41.2 Å². The van der Waals surface area contributed by atoms with Crippen LogP contribution in [0.4, 0.5) is 0 Å². The molecular formula is C27H24Cl2N4O3. The Hall–Kier alpha value is -3.86. The highest BCUT2D eigenvalue weighted by atomic mass is 35.5. The molecule has 3 aromatic rings. The molecule has 0 bridgehead atoms. The summed E-state index contributed by atoms with van der Waals surface area (Å²) in [5.41, 5.74) is 4.70. The number of carbonyl (C=O) groups excluding carboxylic acids is 2. The standard InChI is InChI=1S/C27H24Cl2N4O3/c1-17(2)25(32-26(34)18-11-12-22(28)23(29)13-18)27(35)33-31-15-20-8-5-6-10-24(20)36-16-21-9-4-3-7-19(21)14-30/h3-13,15,17,25H,16H2,1-2H3,(H,32,34)(H,33,35)/b31-15+. The maximum absolute atomic E-state index is 12.8. The van der Waals surface area contributed by atoms with E-state index in [0.29, 0.717) is 21.9 Å². The summed E-state index contributed by atoms with van der Waals surface area (Å²) in [6.45, 7) is 3.83. The van der Waals surface area contributed by atoms with Gasteiger partial charge in [-0.1, -0.05) is 67.4 Å². The molecule has 184 valence electrons. The smallest absolute Gasteiger partial charge is 0.262 e. The van der Waals surface area contributed by atoms with E-state index in [2.05, 4.69) is 21.9 Å². The number of carbonyl (C=O) groups is 2. The quantitative estimate of drug-likeness (QED) is 0.292. The van der Waals surface area contributed by atoms with Gasteiger partial charge in [0, 0.05) is 16.7 Å². The van der Waals surface area contributed by atoms with Gasteiger partial charge in [-0.05, 0) is 42.3 Å². The minimum atomic E-state index is -0.835. The minimum absolute atomic E-state index is 0.205. The van der Waals surface area contributed by atoms with Crippen LogP contribution >= 0.6 is 23.2 Å². The van der Waals surface area contributed by atoms with Crippen molar-refractivity contribution < 1.29 is 14.3 Å². The van der Waals surface area contributed by atoms with Crippen molar-refractivity contribution in [2.24, 2.45) is 11.0 Å². The normalized spacial score (nSPS) is 11.7. The molecule has 0 aromatic heterocycles. The molecule has 36 heavy (non-hydrogen) atoms. The Morgan fingerprint density at radius 3 is 2.50 bits per heavy atom. The molecule has 0 fully saturated rings. The minimum Gasteiger partial charge on any atom is -0.488 e. The van der Waals surface area contributed by atoms with E-state index in [1.807, 2.05) is 38.1 Å². The highest BCUT2D eigenvalue weighted by Gasteiger charge is 2.24. The number of hydrogen-bond donors (Lipinski definition) is 2. The molecule has 7 nitrogen and oxygen atoms in total. The van der Waals surface area contributed by atoms with Crippen LogP contribution in [-0.2, 0) is 11.4 Å². The molecule has 3 aromatic carbocycles. The van der Waals surface area contributed by atoms with Gasteiger partial charge >= 0.3 is 0 Å². The van der Waals surface area contributed by atoms with Gasteiger partial charge in [0.25, 0.3) is 11.8 Å². The fourth-order valence-corrected chi connectivity index (χ4v) is 3.56. The van der Waals surface area contributed by atoms with E-state index in [1.54, 1.807) is 24.3 Å². The summed E-state index contributed by atoms with van der Waals surface area (Å²) in [4.78, 5) is 25.4. The lowest BCUT2D eigenvalue weighted by molar-refractivity contribution is -0.123. The number of hydrazone groups is 1. The predicted molar refractivity (Wildman–Crippen MR) is 140 cm³/mol. The van der Waals surface area contributed by atoms with Crippen LogP contribution in [0.2, 0.25) is 10.0 Å². The van der Waals surface area contributed by atoms with E-state index in [9.17, 15) is 14.9 Å². The lowest BCUT2D eigenvalue weighted by Gasteiger charge is -2.20. The molecule has 9 heteroatoms. The van der Waals surface area contributed by atoms with E-state index < -0.39 is 17.9 Å². The number of benzene rings is 3. The van der Waals surface area contributed by atoms with Crippen molar-refractivity contribution in [3.05, 3.63) is 99.0 Å². The zero-order valence-electron chi connectivity index (χ0n) is 19.7. The monoisotopic (exact) mass is 522 g/mol. The molecule has 2 amide bonds. The summed E-state index contributed by atoms with van der Waals surface area (Å²) < 4.78 is 5.90. The van der Waals surface area contributed by atoms with Crippen molar-refractivity contribution in [3.8, 4) is 11.8 Å². The molecule has 0 spiro atoms. The molecule has 0 saturated heterocycles. The maximum Gasteiger partial charge on any atom is 0.262 e. The summed E-state index contributed by atoms with van der Waals surface area (Å²) in [6.07, 6.45) is 1.46. The van der Waals surface area contributed by atoms with E-state index in [1.165, 1.54) is 24.4 Å². The second-order valence-corrected chi connectivity index (χ2v) is 8.97. The predicted octanol–water partition coefficient (Wildman–Crippen LogP) is 5.35. The van der Waals surface area contributed by atoms with Crippen molar-refractivity contribution in [1.82, 2.24) is 10.7 Å². The molecule has 0 saturated carbocycles. The number of ether oxygens (including phenoxy) is 1. The molecule has 3 rings (SSSR count). The Kier molecular flexibility index (Phi) is 9.46. The van der Waals surface area contributed by atoms with Gasteiger partial charge in [0.15, 0.2) is 0 Å². The number of nitrogens with zero attached hydrogens (tertiary/aromatic N) is 2. The van der Waals surface area contributed by atoms with Gasteiger partial charge in [0.2, 0.25) is 0 Å². The average molecular weight is 523 g/mol.